The highest BCUT2D eigenvalue weighted by atomic mass is 19.1. The summed E-state index contributed by atoms with van der Waals surface area (Å²) in [6.07, 6.45) is -3.66. The number of halogens is 1. The van der Waals surface area contributed by atoms with Gasteiger partial charge in [0.25, 0.3) is 5.91 Å². The number of nitrogens with zero attached hydrogens (tertiary/aromatic N) is 1. The molecule has 0 aromatic carbocycles. The van der Waals surface area contributed by atoms with Crippen LogP contribution in [0.25, 0.3) is 0 Å². The lowest BCUT2D eigenvalue weighted by atomic mass is 9.93. The van der Waals surface area contributed by atoms with Crippen molar-refractivity contribution in [3.05, 3.63) is 0 Å². The van der Waals surface area contributed by atoms with Gasteiger partial charge >= 0.3 is 6.09 Å². The molecule has 1 N–H and O–H groups in total. The minimum absolute atomic E-state index is 0.0183. The van der Waals surface area contributed by atoms with E-state index in [2.05, 4.69) is 0 Å². The zero-order valence-corrected chi connectivity index (χ0v) is 14.0. The van der Waals surface area contributed by atoms with Crippen molar-refractivity contribution in [2.24, 2.45) is 5.92 Å². The Morgan fingerprint density at radius 2 is 2.04 bits per heavy atom. The van der Waals surface area contributed by atoms with E-state index in [1.54, 1.807) is 27.7 Å². The van der Waals surface area contributed by atoms with Crippen molar-refractivity contribution in [2.45, 2.75) is 64.3 Å². The number of aliphatic hydroxyl groups excluding tert-OH is 1. The second kappa shape index (κ2) is 5.99. The summed E-state index contributed by atoms with van der Waals surface area (Å²) < 4.78 is 30.6. The molecule has 0 bridgehead atoms. The molecule has 2 aliphatic rings. The van der Waals surface area contributed by atoms with Crippen molar-refractivity contribution < 1.29 is 33.3 Å². The molecule has 0 radical (unpaired) electrons. The van der Waals surface area contributed by atoms with Gasteiger partial charge in [0, 0.05) is 0 Å². The monoisotopic (exact) mass is 333 g/mol. The van der Waals surface area contributed by atoms with Crippen molar-refractivity contribution in [1.82, 2.24) is 4.90 Å². The normalized spacial score (nSPS) is 31.1. The molecule has 0 aromatic rings. The fourth-order valence-corrected chi connectivity index (χ4v) is 2.74. The van der Waals surface area contributed by atoms with Crippen LogP contribution < -0.4 is 0 Å². The maximum Gasteiger partial charge on any atom is 0.417 e. The van der Waals surface area contributed by atoms with Crippen LogP contribution in [0, 0.1) is 5.92 Å². The lowest BCUT2D eigenvalue weighted by Gasteiger charge is -2.33. The molecule has 7 nitrogen and oxygen atoms in total. The summed E-state index contributed by atoms with van der Waals surface area (Å²) >= 11 is 0. The summed E-state index contributed by atoms with van der Waals surface area (Å²) in [4.78, 5) is 25.1. The number of alkyl halides is 1. The minimum Gasteiger partial charge on any atom is -0.447 e. The summed E-state index contributed by atoms with van der Waals surface area (Å²) in [5, 5.41) is 10.3. The summed E-state index contributed by atoms with van der Waals surface area (Å²) in [6, 6.07) is -0.561. The number of hydrogen-bond acceptors (Lipinski definition) is 6. The largest absolute Gasteiger partial charge is 0.447 e. The third kappa shape index (κ3) is 3.34. The van der Waals surface area contributed by atoms with E-state index in [0.29, 0.717) is 0 Å². The molecule has 2 amide bonds. The molecule has 0 saturated carbocycles. The molecule has 0 aromatic heterocycles. The van der Waals surface area contributed by atoms with Crippen LogP contribution in [0.2, 0.25) is 0 Å². The Kier molecular flexibility index (Phi) is 4.71. The molecular weight excluding hydrogens is 309 g/mol. The standard InChI is InChI=1S/C15H24FNO6/c1-8(2)9-6-21-13(20)17(9)12(19)15(5,16)11(18)10-7-22-14(3,4)23-10/h8-11,18H,6-7H2,1-5H3/t9-,10-,11-,15?/m1/s1. The van der Waals surface area contributed by atoms with E-state index in [4.69, 9.17) is 14.2 Å². The first-order chi connectivity index (χ1) is 10.5. The van der Waals surface area contributed by atoms with Crippen molar-refractivity contribution in [3.8, 4) is 0 Å². The van der Waals surface area contributed by atoms with E-state index in [0.717, 1.165) is 11.8 Å². The molecule has 2 heterocycles. The molecule has 2 fully saturated rings. The van der Waals surface area contributed by atoms with Crippen LogP contribution in [0.5, 0.6) is 0 Å². The van der Waals surface area contributed by atoms with Crippen LogP contribution in [0.15, 0.2) is 0 Å². The van der Waals surface area contributed by atoms with Gasteiger partial charge in [0.05, 0.1) is 12.6 Å². The number of carbonyl (C=O) groups excluding carboxylic acids is 2. The Labute approximate surface area is 134 Å². The molecule has 0 spiro atoms. The zero-order valence-electron chi connectivity index (χ0n) is 14.0. The Morgan fingerprint density at radius 1 is 1.43 bits per heavy atom. The van der Waals surface area contributed by atoms with Crippen molar-refractivity contribution in [3.63, 3.8) is 0 Å². The van der Waals surface area contributed by atoms with Crippen molar-refractivity contribution >= 4 is 12.0 Å². The number of rotatable bonds is 4. The van der Waals surface area contributed by atoms with Gasteiger partial charge in [-0.15, -0.1) is 0 Å². The van der Waals surface area contributed by atoms with Gasteiger partial charge in [-0.25, -0.2) is 14.1 Å². The maximum atomic E-state index is 15.1. The maximum absolute atomic E-state index is 15.1. The van der Waals surface area contributed by atoms with E-state index >= 15 is 4.39 Å². The summed E-state index contributed by atoms with van der Waals surface area (Å²) in [5.74, 6) is -2.18. The predicted octanol–water partition coefficient (Wildman–Crippen LogP) is 1.23. The van der Waals surface area contributed by atoms with Crippen LogP contribution in [0.4, 0.5) is 9.18 Å². The number of aliphatic hydroxyl groups is 1. The summed E-state index contributed by atoms with van der Waals surface area (Å²) in [5.41, 5.74) is -2.70. The molecule has 2 saturated heterocycles. The highest BCUT2D eigenvalue weighted by Gasteiger charge is 2.54. The molecule has 0 aliphatic carbocycles. The first-order valence-corrected chi connectivity index (χ1v) is 7.66. The lowest BCUT2D eigenvalue weighted by Crippen LogP contribution is -2.58. The van der Waals surface area contributed by atoms with Crippen molar-refractivity contribution in [1.29, 1.82) is 0 Å². The molecule has 132 valence electrons. The third-order valence-corrected chi connectivity index (χ3v) is 4.25. The fourth-order valence-electron chi connectivity index (χ4n) is 2.74. The predicted molar refractivity (Wildman–Crippen MR) is 77.2 cm³/mol. The van der Waals surface area contributed by atoms with Gasteiger partial charge in [-0.2, -0.15) is 0 Å². The summed E-state index contributed by atoms with van der Waals surface area (Å²) in [6.45, 7) is 7.78. The average Bonchev–Trinajstić information content (AvgIpc) is 2.99. The second-order valence-corrected chi connectivity index (χ2v) is 6.95. The van der Waals surface area contributed by atoms with E-state index in [-0.39, 0.29) is 19.1 Å². The van der Waals surface area contributed by atoms with Crippen LogP contribution in [0.1, 0.15) is 34.6 Å². The van der Waals surface area contributed by atoms with Crippen LogP contribution >= 0.6 is 0 Å². The first-order valence-electron chi connectivity index (χ1n) is 7.66. The van der Waals surface area contributed by atoms with Gasteiger partial charge in [0.2, 0.25) is 5.67 Å². The van der Waals surface area contributed by atoms with Gasteiger partial charge < -0.3 is 19.3 Å². The number of amides is 2. The number of imide groups is 1. The van der Waals surface area contributed by atoms with Gasteiger partial charge in [-0.3, -0.25) is 4.79 Å². The highest BCUT2D eigenvalue weighted by Crippen LogP contribution is 2.33. The van der Waals surface area contributed by atoms with Gasteiger partial charge in [-0.05, 0) is 26.7 Å². The number of hydrogen-bond donors (Lipinski definition) is 1. The summed E-state index contributed by atoms with van der Waals surface area (Å²) in [7, 11) is 0. The number of ether oxygens (including phenoxy) is 3. The van der Waals surface area contributed by atoms with E-state index in [9.17, 15) is 14.7 Å². The number of cyclic esters (lactones) is 1. The van der Waals surface area contributed by atoms with E-state index in [1.165, 1.54) is 0 Å². The lowest BCUT2D eigenvalue weighted by molar-refractivity contribution is -0.174. The third-order valence-electron chi connectivity index (χ3n) is 4.25. The number of carbonyl (C=O) groups is 2. The molecule has 23 heavy (non-hydrogen) atoms. The quantitative estimate of drug-likeness (QED) is 0.833. The Morgan fingerprint density at radius 3 is 2.52 bits per heavy atom. The smallest absolute Gasteiger partial charge is 0.417 e. The van der Waals surface area contributed by atoms with Gasteiger partial charge in [0.15, 0.2) is 5.79 Å². The van der Waals surface area contributed by atoms with E-state index < -0.39 is 41.7 Å². The molecule has 2 aliphatic heterocycles. The molecular formula is C15H24FNO6. The Hall–Kier alpha value is -1.25. The second-order valence-electron chi connectivity index (χ2n) is 6.95. The SMILES string of the molecule is CC(C)[C@H]1COC(=O)N1C(=O)C(C)(F)[C@H](O)[C@H]1COC(C)(C)O1. The van der Waals surface area contributed by atoms with Crippen molar-refractivity contribution in [2.75, 3.05) is 13.2 Å². The van der Waals surface area contributed by atoms with Gasteiger partial charge in [-0.1, -0.05) is 13.8 Å². The van der Waals surface area contributed by atoms with Crippen LogP contribution in [0.3, 0.4) is 0 Å². The molecule has 4 atom stereocenters. The average molecular weight is 333 g/mol. The molecule has 1 unspecified atom stereocenters. The first kappa shape index (κ1) is 18.1. The van der Waals surface area contributed by atoms with Crippen LogP contribution in [-0.4, -0.2) is 64.9 Å². The van der Waals surface area contributed by atoms with E-state index in [1.807, 2.05) is 0 Å². The topological polar surface area (TPSA) is 85.3 Å². The highest BCUT2D eigenvalue weighted by molar-refractivity contribution is 5.98. The minimum atomic E-state index is -2.70. The fraction of sp³-hybridized carbons (Fsp3) is 0.867. The van der Waals surface area contributed by atoms with Crippen LogP contribution in [-0.2, 0) is 19.0 Å². The molecule has 8 heteroatoms. The Bertz CT molecular complexity index is 492. The molecule has 2 rings (SSSR count). The Balaban J connectivity index is 2.17. The zero-order chi connectivity index (χ0) is 17.6. The van der Waals surface area contributed by atoms with Gasteiger partial charge in [0.1, 0.15) is 18.8 Å².